The van der Waals surface area contributed by atoms with Gasteiger partial charge in [0.25, 0.3) is 0 Å². The Morgan fingerprint density at radius 3 is 2.62 bits per heavy atom. The quantitative estimate of drug-likeness (QED) is 0.666. The van der Waals surface area contributed by atoms with E-state index in [4.69, 9.17) is 0 Å². The Hall–Kier alpha value is -3.22. The Kier molecular flexibility index (Phi) is 4.59. The third kappa shape index (κ3) is 3.88. The molecule has 1 aliphatic rings. The van der Waals surface area contributed by atoms with Gasteiger partial charge in [-0.1, -0.05) is 31.0 Å². The molecule has 0 spiro atoms. The number of nitrogens with one attached hydrogen (secondary N) is 3. The number of carbonyl (C=O) groups is 1. The molecule has 7 heteroatoms. The van der Waals surface area contributed by atoms with Crippen molar-refractivity contribution >= 4 is 34.5 Å². The molecule has 3 aromatic rings. The van der Waals surface area contributed by atoms with Crippen LogP contribution in [0.15, 0.2) is 48.7 Å². The van der Waals surface area contributed by atoms with Crippen LogP contribution < -0.4 is 16.0 Å². The van der Waals surface area contributed by atoms with Crippen LogP contribution in [0.2, 0.25) is 0 Å². The minimum absolute atomic E-state index is 0.222. The number of pyridine rings is 1. The average molecular weight is 348 g/mol. The van der Waals surface area contributed by atoms with Crippen LogP contribution in [0.4, 0.5) is 22.2 Å². The Morgan fingerprint density at radius 2 is 1.81 bits per heavy atom. The normalized spacial score (nSPS) is 14.3. The molecule has 0 aliphatic heterocycles. The molecule has 0 bridgehead atoms. The first-order valence-electron chi connectivity index (χ1n) is 8.80. The van der Waals surface area contributed by atoms with Crippen molar-refractivity contribution < 1.29 is 4.79 Å². The smallest absolute Gasteiger partial charge is 0.320 e. The van der Waals surface area contributed by atoms with Gasteiger partial charge >= 0.3 is 6.03 Å². The Labute approximate surface area is 151 Å². The van der Waals surface area contributed by atoms with Crippen LogP contribution in [0.3, 0.4) is 0 Å². The number of fused-ring (bicyclic) bond motifs is 1. The topological polar surface area (TPSA) is 91.8 Å². The van der Waals surface area contributed by atoms with Gasteiger partial charge in [-0.2, -0.15) is 4.98 Å². The van der Waals surface area contributed by atoms with Gasteiger partial charge in [0.05, 0.1) is 0 Å². The summed E-state index contributed by atoms with van der Waals surface area (Å²) >= 11 is 0. The summed E-state index contributed by atoms with van der Waals surface area (Å²) in [6.45, 7) is 0. The predicted octanol–water partition coefficient (Wildman–Crippen LogP) is 3.83. The van der Waals surface area contributed by atoms with Crippen LogP contribution in [0.1, 0.15) is 25.7 Å². The molecule has 132 valence electrons. The van der Waals surface area contributed by atoms with E-state index in [0.717, 1.165) is 23.9 Å². The van der Waals surface area contributed by atoms with E-state index >= 15 is 0 Å². The Balaban J connectivity index is 1.49. The third-order valence-electron chi connectivity index (χ3n) is 4.40. The summed E-state index contributed by atoms with van der Waals surface area (Å²) in [5.41, 5.74) is 1.43. The van der Waals surface area contributed by atoms with E-state index in [2.05, 4.69) is 30.9 Å². The highest BCUT2D eigenvalue weighted by Crippen LogP contribution is 2.19. The standard InChI is InChI=1S/C19H20N6O/c26-19(22-15-8-4-5-9-15)24-16-11-10-13-12-20-18(25-17(13)23-16)21-14-6-2-1-3-7-14/h1-3,6-7,10-12,15H,4-5,8-9H2,(H3,20,21,22,23,24,25,26). The van der Waals surface area contributed by atoms with Crippen molar-refractivity contribution in [3.8, 4) is 0 Å². The predicted molar refractivity (Wildman–Crippen MR) is 101 cm³/mol. The first-order valence-corrected chi connectivity index (χ1v) is 8.80. The summed E-state index contributed by atoms with van der Waals surface area (Å²) in [6.07, 6.45) is 6.14. The summed E-state index contributed by atoms with van der Waals surface area (Å²) in [6, 6.07) is 13.3. The first-order chi connectivity index (χ1) is 12.8. The largest absolute Gasteiger partial charge is 0.335 e. The van der Waals surface area contributed by atoms with Crippen molar-refractivity contribution in [2.45, 2.75) is 31.7 Å². The zero-order chi connectivity index (χ0) is 17.8. The molecule has 4 rings (SSSR count). The van der Waals surface area contributed by atoms with E-state index in [1.54, 1.807) is 12.3 Å². The number of hydrogen-bond acceptors (Lipinski definition) is 5. The number of benzene rings is 1. The highest BCUT2D eigenvalue weighted by atomic mass is 16.2. The number of nitrogens with zero attached hydrogens (tertiary/aromatic N) is 3. The number of amides is 2. The SMILES string of the molecule is O=C(Nc1ccc2cnc(Nc3ccccc3)nc2n1)NC1CCCC1. The van der Waals surface area contributed by atoms with Crippen molar-refractivity contribution in [3.05, 3.63) is 48.7 Å². The van der Waals surface area contributed by atoms with Crippen molar-refractivity contribution in [3.63, 3.8) is 0 Å². The fraction of sp³-hybridized carbons (Fsp3) is 0.263. The van der Waals surface area contributed by atoms with E-state index in [1.165, 1.54) is 12.8 Å². The van der Waals surface area contributed by atoms with Gasteiger partial charge in [0, 0.05) is 23.3 Å². The molecule has 0 radical (unpaired) electrons. The summed E-state index contributed by atoms with van der Waals surface area (Å²) in [4.78, 5) is 25.3. The van der Waals surface area contributed by atoms with E-state index in [1.807, 2.05) is 36.4 Å². The number of carbonyl (C=O) groups excluding carboxylic acids is 1. The van der Waals surface area contributed by atoms with Gasteiger partial charge in [0.15, 0.2) is 5.65 Å². The third-order valence-corrected chi connectivity index (χ3v) is 4.40. The molecule has 0 atom stereocenters. The second-order valence-corrected chi connectivity index (χ2v) is 6.37. The lowest BCUT2D eigenvalue weighted by molar-refractivity contribution is 0.248. The van der Waals surface area contributed by atoms with Crippen molar-refractivity contribution in [1.82, 2.24) is 20.3 Å². The van der Waals surface area contributed by atoms with Gasteiger partial charge in [-0.25, -0.2) is 14.8 Å². The van der Waals surface area contributed by atoms with Gasteiger partial charge in [0.1, 0.15) is 5.82 Å². The van der Waals surface area contributed by atoms with E-state index in [0.29, 0.717) is 17.4 Å². The molecular formula is C19H20N6O. The number of aromatic nitrogens is 3. The van der Waals surface area contributed by atoms with Gasteiger partial charge in [-0.15, -0.1) is 0 Å². The van der Waals surface area contributed by atoms with Crippen molar-refractivity contribution in [2.24, 2.45) is 0 Å². The van der Waals surface area contributed by atoms with Gasteiger partial charge in [0.2, 0.25) is 5.95 Å². The molecule has 1 saturated carbocycles. The molecule has 1 fully saturated rings. The van der Waals surface area contributed by atoms with Crippen molar-refractivity contribution in [2.75, 3.05) is 10.6 Å². The molecule has 0 saturated heterocycles. The number of hydrogen-bond donors (Lipinski definition) is 3. The number of anilines is 3. The second-order valence-electron chi connectivity index (χ2n) is 6.37. The molecule has 7 nitrogen and oxygen atoms in total. The fourth-order valence-electron chi connectivity index (χ4n) is 3.10. The molecule has 1 aliphatic carbocycles. The number of rotatable bonds is 4. The van der Waals surface area contributed by atoms with E-state index in [9.17, 15) is 4.79 Å². The monoisotopic (exact) mass is 348 g/mol. The highest BCUT2D eigenvalue weighted by molar-refractivity contribution is 5.90. The molecule has 1 aromatic carbocycles. The number of para-hydroxylation sites is 1. The Morgan fingerprint density at radius 1 is 1.00 bits per heavy atom. The molecule has 2 amide bonds. The zero-order valence-corrected chi connectivity index (χ0v) is 14.3. The molecule has 3 N–H and O–H groups in total. The molecular weight excluding hydrogens is 328 g/mol. The average Bonchev–Trinajstić information content (AvgIpc) is 3.15. The van der Waals surface area contributed by atoms with Crippen LogP contribution >= 0.6 is 0 Å². The van der Waals surface area contributed by atoms with Gasteiger partial charge in [-0.3, -0.25) is 5.32 Å². The maximum atomic E-state index is 12.1. The fourth-order valence-corrected chi connectivity index (χ4v) is 3.10. The summed E-state index contributed by atoms with van der Waals surface area (Å²) in [5.74, 6) is 0.932. The van der Waals surface area contributed by atoms with Crippen molar-refractivity contribution in [1.29, 1.82) is 0 Å². The van der Waals surface area contributed by atoms with Crippen LogP contribution in [0.25, 0.3) is 11.0 Å². The summed E-state index contributed by atoms with van der Waals surface area (Å²) < 4.78 is 0. The molecule has 2 heterocycles. The van der Waals surface area contributed by atoms with Gasteiger partial charge in [-0.05, 0) is 37.1 Å². The highest BCUT2D eigenvalue weighted by Gasteiger charge is 2.17. The minimum atomic E-state index is -0.222. The lowest BCUT2D eigenvalue weighted by Gasteiger charge is -2.12. The molecule has 26 heavy (non-hydrogen) atoms. The molecule has 2 aromatic heterocycles. The maximum absolute atomic E-state index is 12.1. The molecule has 0 unspecified atom stereocenters. The first kappa shape index (κ1) is 16.3. The lowest BCUT2D eigenvalue weighted by atomic mass is 10.2. The maximum Gasteiger partial charge on any atom is 0.320 e. The Bertz CT molecular complexity index is 908. The van der Waals surface area contributed by atoms with Crippen LogP contribution in [-0.4, -0.2) is 27.0 Å². The van der Waals surface area contributed by atoms with E-state index < -0.39 is 0 Å². The zero-order valence-electron chi connectivity index (χ0n) is 14.3. The lowest BCUT2D eigenvalue weighted by Crippen LogP contribution is -2.36. The van der Waals surface area contributed by atoms with Crippen LogP contribution in [0, 0.1) is 0 Å². The number of urea groups is 1. The second kappa shape index (κ2) is 7.35. The minimum Gasteiger partial charge on any atom is -0.335 e. The van der Waals surface area contributed by atoms with Crippen LogP contribution in [-0.2, 0) is 0 Å². The summed E-state index contributed by atoms with van der Waals surface area (Å²) in [5, 5.41) is 9.73. The van der Waals surface area contributed by atoms with E-state index in [-0.39, 0.29) is 12.1 Å². The summed E-state index contributed by atoms with van der Waals surface area (Å²) in [7, 11) is 0. The van der Waals surface area contributed by atoms with Crippen LogP contribution in [0.5, 0.6) is 0 Å². The van der Waals surface area contributed by atoms with Gasteiger partial charge < -0.3 is 10.6 Å².